The van der Waals surface area contributed by atoms with Gasteiger partial charge in [-0.1, -0.05) is 34.1 Å². The summed E-state index contributed by atoms with van der Waals surface area (Å²) in [5.74, 6) is 0.637. The Balaban J connectivity index is 1.95. The highest BCUT2D eigenvalue weighted by molar-refractivity contribution is 9.10. The van der Waals surface area contributed by atoms with Crippen LogP contribution in [0.1, 0.15) is 24.8 Å². The van der Waals surface area contributed by atoms with E-state index in [9.17, 15) is 8.42 Å². The van der Waals surface area contributed by atoms with Gasteiger partial charge in [-0.15, -0.1) is 0 Å². The van der Waals surface area contributed by atoms with Crippen LogP contribution in [-0.2, 0) is 16.3 Å². The van der Waals surface area contributed by atoms with Gasteiger partial charge in [0.2, 0.25) is 0 Å². The van der Waals surface area contributed by atoms with Crippen molar-refractivity contribution >= 4 is 25.8 Å². The van der Waals surface area contributed by atoms with Crippen LogP contribution in [0, 0.1) is 5.92 Å². The van der Waals surface area contributed by atoms with Gasteiger partial charge < -0.3 is 5.32 Å². The van der Waals surface area contributed by atoms with Crippen LogP contribution in [0.4, 0.5) is 0 Å². The molecule has 0 spiro atoms. The van der Waals surface area contributed by atoms with Crippen LogP contribution in [0.15, 0.2) is 28.7 Å². The number of benzene rings is 1. The van der Waals surface area contributed by atoms with Gasteiger partial charge in [0.25, 0.3) is 0 Å². The Hall–Kier alpha value is -0.390. The molecule has 112 valence electrons. The van der Waals surface area contributed by atoms with Crippen molar-refractivity contribution < 1.29 is 8.42 Å². The Bertz CT molecular complexity index is 541. The topological polar surface area (TPSA) is 46.2 Å². The lowest BCUT2D eigenvalue weighted by Gasteiger charge is -2.18. The second kappa shape index (κ2) is 7.05. The third-order valence-electron chi connectivity index (χ3n) is 3.64. The smallest absolute Gasteiger partial charge is 0.147 e. The number of hydrogen-bond acceptors (Lipinski definition) is 3. The first-order valence-electron chi connectivity index (χ1n) is 7.08. The molecule has 1 unspecified atom stereocenters. The summed E-state index contributed by atoms with van der Waals surface area (Å²) in [5.41, 5.74) is 1.25. The molecule has 0 aromatic heterocycles. The molecule has 1 aliphatic carbocycles. The lowest BCUT2D eigenvalue weighted by atomic mass is 9.97. The summed E-state index contributed by atoms with van der Waals surface area (Å²) in [6.07, 6.45) is 5.47. The predicted molar refractivity (Wildman–Crippen MR) is 86.7 cm³/mol. The summed E-state index contributed by atoms with van der Waals surface area (Å²) in [6.45, 7) is 0.904. The van der Waals surface area contributed by atoms with Crippen molar-refractivity contribution in [3.05, 3.63) is 34.3 Å². The van der Waals surface area contributed by atoms with E-state index >= 15 is 0 Å². The van der Waals surface area contributed by atoms with Crippen molar-refractivity contribution in [1.82, 2.24) is 5.32 Å². The number of rotatable bonds is 8. The first-order valence-corrected chi connectivity index (χ1v) is 9.94. The lowest BCUT2D eigenvalue weighted by molar-refractivity contribution is 0.456. The number of halogens is 1. The van der Waals surface area contributed by atoms with E-state index in [2.05, 4.69) is 27.3 Å². The molecule has 5 heteroatoms. The van der Waals surface area contributed by atoms with Gasteiger partial charge in [0.05, 0.1) is 5.75 Å². The van der Waals surface area contributed by atoms with E-state index in [1.54, 1.807) is 0 Å². The predicted octanol–water partition coefficient (Wildman–Crippen LogP) is 2.79. The van der Waals surface area contributed by atoms with Crippen molar-refractivity contribution in [3.63, 3.8) is 0 Å². The second-order valence-electron chi connectivity index (χ2n) is 5.76. The molecule has 1 fully saturated rings. The molecule has 0 heterocycles. The van der Waals surface area contributed by atoms with Gasteiger partial charge in [-0.05, 0) is 49.8 Å². The van der Waals surface area contributed by atoms with Gasteiger partial charge in [0.1, 0.15) is 9.84 Å². The molecule has 1 aliphatic rings. The average Bonchev–Trinajstić information content (AvgIpc) is 3.18. The molecule has 0 radical (unpaired) electrons. The Morgan fingerprint density at radius 2 is 2.05 bits per heavy atom. The molecule has 2 rings (SSSR count). The maximum Gasteiger partial charge on any atom is 0.147 e. The number of hydrogen-bond donors (Lipinski definition) is 1. The lowest BCUT2D eigenvalue weighted by Crippen LogP contribution is -2.27. The van der Waals surface area contributed by atoms with E-state index in [-0.39, 0.29) is 5.75 Å². The fraction of sp³-hybridized carbons (Fsp3) is 0.600. The SMILES string of the molecule is CS(=O)(=O)CCC(CNC1CC1)Cc1ccccc1Br. The Morgan fingerprint density at radius 3 is 2.65 bits per heavy atom. The van der Waals surface area contributed by atoms with Crippen LogP contribution in [0.5, 0.6) is 0 Å². The molecule has 1 aromatic carbocycles. The van der Waals surface area contributed by atoms with E-state index in [0.717, 1.165) is 23.9 Å². The van der Waals surface area contributed by atoms with Gasteiger partial charge in [0.15, 0.2) is 0 Å². The van der Waals surface area contributed by atoms with Crippen molar-refractivity contribution in [2.24, 2.45) is 5.92 Å². The summed E-state index contributed by atoms with van der Waals surface area (Å²) < 4.78 is 23.9. The van der Waals surface area contributed by atoms with E-state index in [1.807, 2.05) is 18.2 Å². The summed E-state index contributed by atoms with van der Waals surface area (Å²) in [4.78, 5) is 0. The minimum absolute atomic E-state index is 0.272. The highest BCUT2D eigenvalue weighted by atomic mass is 79.9. The molecule has 1 atom stereocenters. The van der Waals surface area contributed by atoms with Crippen LogP contribution in [0.2, 0.25) is 0 Å². The van der Waals surface area contributed by atoms with Crippen LogP contribution >= 0.6 is 15.9 Å². The Morgan fingerprint density at radius 1 is 1.35 bits per heavy atom. The first-order chi connectivity index (χ1) is 9.44. The standard InChI is InChI=1S/C15H22BrNO2S/c1-20(18,19)9-8-12(11-17-14-6-7-14)10-13-4-2-3-5-15(13)16/h2-5,12,14,17H,6-11H2,1H3. The highest BCUT2D eigenvalue weighted by Crippen LogP contribution is 2.23. The van der Waals surface area contributed by atoms with Crippen LogP contribution in [0.3, 0.4) is 0 Å². The molecule has 0 amide bonds. The van der Waals surface area contributed by atoms with Crippen molar-refractivity contribution in [3.8, 4) is 0 Å². The molecule has 0 aliphatic heterocycles. The van der Waals surface area contributed by atoms with Gasteiger partial charge in [-0.3, -0.25) is 0 Å². The normalized spacial score (nSPS) is 17.1. The first kappa shape index (κ1) is 16.0. The zero-order valence-corrected chi connectivity index (χ0v) is 14.2. The second-order valence-corrected chi connectivity index (χ2v) is 8.88. The third kappa shape index (κ3) is 5.94. The monoisotopic (exact) mass is 359 g/mol. The maximum atomic E-state index is 11.4. The largest absolute Gasteiger partial charge is 0.314 e. The fourth-order valence-electron chi connectivity index (χ4n) is 2.25. The quantitative estimate of drug-likeness (QED) is 0.776. The van der Waals surface area contributed by atoms with E-state index in [4.69, 9.17) is 0 Å². The van der Waals surface area contributed by atoms with Gasteiger partial charge in [-0.25, -0.2) is 8.42 Å². The maximum absolute atomic E-state index is 11.4. The van der Waals surface area contributed by atoms with Crippen LogP contribution in [0.25, 0.3) is 0 Å². The third-order valence-corrected chi connectivity index (χ3v) is 5.39. The molecule has 0 saturated heterocycles. The summed E-state index contributed by atoms with van der Waals surface area (Å²) in [7, 11) is -2.88. The van der Waals surface area contributed by atoms with Gasteiger partial charge >= 0.3 is 0 Å². The van der Waals surface area contributed by atoms with Crippen LogP contribution < -0.4 is 5.32 Å². The minimum Gasteiger partial charge on any atom is -0.314 e. The van der Waals surface area contributed by atoms with E-state index in [0.29, 0.717) is 12.0 Å². The van der Waals surface area contributed by atoms with Crippen molar-refractivity contribution in [1.29, 1.82) is 0 Å². The highest BCUT2D eigenvalue weighted by Gasteiger charge is 2.22. The molecule has 1 N–H and O–H groups in total. The Kier molecular flexibility index (Phi) is 5.64. The van der Waals surface area contributed by atoms with Crippen LogP contribution in [-0.4, -0.2) is 33.0 Å². The zero-order chi connectivity index (χ0) is 14.6. The van der Waals surface area contributed by atoms with Crippen molar-refractivity contribution in [2.75, 3.05) is 18.6 Å². The zero-order valence-electron chi connectivity index (χ0n) is 11.8. The molecule has 20 heavy (non-hydrogen) atoms. The molecule has 0 bridgehead atoms. The molecule has 1 saturated carbocycles. The molecular weight excluding hydrogens is 338 g/mol. The number of nitrogens with one attached hydrogen (secondary N) is 1. The summed E-state index contributed by atoms with van der Waals surface area (Å²) in [6, 6.07) is 8.84. The van der Waals surface area contributed by atoms with E-state index < -0.39 is 9.84 Å². The molecule has 1 aromatic rings. The van der Waals surface area contributed by atoms with E-state index in [1.165, 1.54) is 24.7 Å². The number of sulfone groups is 1. The van der Waals surface area contributed by atoms with Gasteiger partial charge in [0, 0.05) is 16.8 Å². The molecular formula is C15H22BrNO2S. The fourth-order valence-corrected chi connectivity index (χ4v) is 3.46. The summed E-state index contributed by atoms with van der Waals surface area (Å²) >= 11 is 3.57. The van der Waals surface area contributed by atoms with Gasteiger partial charge in [-0.2, -0.15) is 0 Å². The summed E-state index contributed by atoms with van der Waals surface area (Å²) in [5, 5.41) is 3.52. The minimum atomic E-state index is -2.88. The van der Waals surface area contributed by atoms with Crippen molar-refractivity contribution in [2.45, 2.75) is 31.7 Å². The average molecular weight is 360 g/mol. The molecule has 3 nitrogen and oxygen atoms in total. The Labute approximate surface area is 130 Å².